The van der Waals surface area contributed by atoms with Crippen molar-refractivity contribution in [2.75, 3.05) is 6.61 Å². The van der Waals surface area contributed by atoms with Gasteiger partial charge in [0.2, 0.25) is 11.5 Å². The smallest absolute Gasteiger partial charge is 0.362 e. The molecule has 0 aliphatic rings. The van der Waals surface area contributed by atoms with Crippen molar-refractivity contribution in [3.8, 4) is 22.9 Å². The van der Waals surface area contributed by atoms with Crippen LogP contribution in [-0.2, 0) is 11.3 Å². The number of aromatic nitrogens is 4. The van der Waals surface area contributed by atoms with Gasteiger partial charge in [-0.05, 0) is 31.2 Å². The Morgan fingerprint density at radius 2 is 1.97 bits per heavy atom. The fourth-order valence-corrected chi connectivity index (χ4v) is 3.08. The number of non-ortho nitro benzene ring substituents is 1. The third-order valence-corrected chi connectivity index (χ3v) is 4.73. The van der Waals surface area contributed by atoms with E-state index in [-0.39, 0.29) is 42.1 Å². The Hall–Kier alpha value is -4.25. The van der Waals surface area contributed by atoms with E-state index in [1.54, 1.807) is 31.2 Å². The van der Waals surface area contributed by atoms with Gasteiger partial charge < -0.3 is 14.0 Å². The molecular weight excluding hydrogens is 454 g/mol. The molecule has 0 unspecified atom stereocenters. The lowest BCUT2D eigenvalue weighted by Gasteiger charge is -2.02. The Morgan fingerprint density at radius 1 is 1.21 bits per heavy atom. The molecule has 0 bridgehead atoms. The third-order valence-electron chi connectivity index (χ3n) is 4.40. The second kappa shape index (κ2) is 9.49. The first-order valence-electron chi connectivity index (χ1n) is 9.68. The molecule has 0 radical (unpaired) electrons. The zero-order valence-electron chi connectivity index (χ0n) is 17.2. The molecule has 168 valence electrons. The van der Waals surface area contributed by atoms with Gasteiger partial charge in [0.1, 0.15) is 0 Å². The van der Waals surface area contributed by atoms with Gasteiger partial charge in [0, 0.05) is 12.1 Å². The lowest BCUT2D eigenvalue weighted by atomic mass is 10.2. The highest BCUT2D eigenvalue weighted by molar-refractivity contribution is 6.33. The predicted molar refractivity (Wildman–Crippen MR) is 115 cm³/mol. The molecule has 0 aliphatic heterocycles. The van der Waals surface area contributed by atoms with Crippen LogP contribution in [0.3, 0.4) is 0 Å². The summed E-state index contributed by atoms with van der Waals surface area (Å²) in [7, 11) is 0. The number of rotatable bonds is 8. The molecule has 0 spiro atoms. The van der Waals surface area contributed by atoms with Crippen LogP contribution in [0.5, 0.6) is 5.75 Å². The summed E-state index contributed by atoms with van der Waals surface area (Å²) in [4.78, 5) is 27.0. The van der Waals surface area contributed by atoms with E-state index in [2.05, 4.69) is 15.2 Å². The van der Waals surface area contributed by atoms with Crippen molar-refractivity contribution < 1.29 is 23.7 Å². The molecule has 12 heteroatoms. The first-order chi connectivity index (χ1) is 16.0. The molecule has 4 rings (SSSR count). The molecule has 2 heterocycles. The van der Waals surface area contributed by atoms with Crippen LogP contribution in [0.25, 0.3) is 17.1 Å². The molecule has 0 aliphatic carbocycles. The van der Waals surface area contributed by atoms with E-state index >= 15 is 0 Å². The Labute approximate surface area is 191 Å². The number of carbonyl (C=O) groups excluding carboxylic acids is 1. The number of esters is 1. The molecule has 0 saturated carbocycles. The molecule has 2 aromatic heterocycles. The van der Waals surface area contributed by atoms with Gasteiger partial charge in [-0.25, -0.2) is 9.48 Å². The highest BCUT2D eigenvalue weighted by Crippen LogP contribution is 2.27. The van der Waals surface area contributed by atoms with Crippen LogP contribution < -0.4 is 4.74 Å². The molecule has 0 fully saturated rings. The first kappa shape index (κ1) is 22.0. The zero-order chi connectivity index (χ0) is 23.4. The highest BCUT2D eigenvalue weighted by atomic mass is 35.5. The zero-order valence-corrected chi connectivity index (χ0v) is 17.9. The maximum absolute atomic E-state index is 12.4. The molecule has 33 heavy (non-hydrogen) atoms. The number of halogens is 1. The van der Waals surface area contributed by atoms with E-state index in [0.717, 1.165) is 0 Å². The van der Waals surface area contributed by atoms with Gasteiger partial charge in [0.25, 0.3) is 11.6 Å². The Kier molecular flexibility index (Phi) is 6.31. The minimum Gasteiger partial charge on any atom is -0.481 e. The van der Waals surface area contributed by atoms with Crippen molar-refractivity contribution in [3.05, 3.63) is 81.4 Å². The number of ether oxygens (including phenoxy) is 2. The summed E-state index contributed by atoms with van der Waals surface area (Å²) < 4.78 is 17.4. The van der Waals surface area contributed by atoms with E-state index in [0.29, 0.717) is 16.3 Å². The van der Waals surface area contributed by atoms with Gasteiger partial charge in [0.05, 0.1) is 34.0 Å². The first-order valence-corrected chi connectivity index (χ1v) is 10.1. The van der Waals surface area contributed by atoms with Gasteiger partial charge in [-0.2, -0.15) is 10.1 Å². The maximum Gasteiger partial charge on any atom is 0.362 e. The lowest BCUT2D eigenvalue weighted by molar-refractivity contribution is -0.384. The van der Waals surface area contributed by atoms with Crippen molar-refractivity contribution in [1.29, 1.82) is 0 Å². The SMILES string of the molecule is CCOC(=O)c1nn(-c2ccc([N+](=O)[O-])cc2)cc1OCc1noc(-c2ccccc2Cl)n1. The Morgan fingerprint density at radius 3 is 2.67 bits per heavy atom. The van der Waals surface area contributed by atoms with E-state index in [1.165, 1.54) is 35.1 Å². The fourth-order valence-electron chi connectivity index (χ4n) is 2.86. The van der Waals surface area contributed by atoms with Crippen LogP contribution in [0.2, 0.25) is 5.02 Å². The summed E-state index contributed by atoms with van der Waals surface area (Å²) in [5.41, 5.74) is 0.933. The average molecular weight is 470 g/mol. The second-order valence-electron chi connectivity index (χ2n) is 6.56. The Bertz CT molecular complexity index is 1300. The summed E-state index contributed by atoms with van der Waals surface area (Å²) in [6.07, 6.45) is 1.46. The number of nitrogens with zero attached hydrogens (tertiary/aromatic N) is 5. The fraction of sp³-hybridized carbons (Fsp3) is 0.143. The number of benzene rings is 2. The third kappa shape index (κ3) is 4.83. The molecule has 2 aromatic carbocycles. The standard InChI is InChI=1S/C21H16ClN5O6/c1-2-31-21(28)19-17(11-26(24-19)13-7-9-14(10-8-13)27(29)30)32-12-18-23-20(33-25-18)15-5-3-4-6-16(15)22/h3-11H,2,12H2,1H3. The summed E-state index contributed by atoms with van der Waals surface area (Å²) in [6.45, 7) is 1.70. The summed E-state index contributed by atoms with van der Waals surface area (Å²) in [5, 5.41) is 19.4. The largest absolute Gasteiger partial charge is 0.481 e. The summed E-state index contributed by atoms with van der Waals surface area (Å²) in [6, 6.07) is 12.7. The van der Waals surface area contributed by atoms with E-state index in [9.17, 15) is 14.9 Å². The molecule has 0 atom stereocenters. The minimum atomic E-state index is -0.682. The second-order valence-corrected chi connectivity index (χ2v) is 6.97. The van der Waals surface area contributed by atoms with Gasteiger partial charge in [-0.3, -0.25) is 10.1 Å². The summed E-state index contributed by atoms with van der Waals surface area (Å²) >= 11 is 6.16. The van der Waals surface area contributed by atoms with E-state index in [4.69, 9.17) is 25.6 Å². The van der Waals surface area contributed by atoms with Crippen LogP contribution >= 0.6 is 11.6 Å². The van der Waals surface area contributed by atoms with Crippen molar-refractivity contribution in [3.63, 3.8) is 0 Å². The number of hydrogen-bond acceptors (Lipinski definition) is 9. The monoisotopic (exact) mass is 469 g/mol. The summed E-state index contributed by atoms with van der Waals surface area (Å²) in [5.74, 6) is -0.108. The maximum atomic E-state index is 12.4. The van der Waals surface area contributed by atoms with E-state index in [1.807, 2.05) is 0 Å². The highest BCUT2D eigenvalue weighted by Gasteiger charge is 2.21. The van der Waals surface area contributed by atoms with Crippen LogP contribution in [0.1, 0.15) is 23.2 Å². The normalized spacial score (nSPS) is 10.7. The van der Waals surface area contributed by atoms with Crippen molar-refractivity contribution in [1.82, 2.24) is 19.9 Å². The van der Waals surface area contributed by atoms with Gasteiger partial charge in [-0.15, -0.1) is 0 Å². The molecule has 4 aromatic rings. The van der Waals surface area contributed by atoms with Crippen LogP contribution in [0.15, 0.2) is 59.3 Å². The number of nitro benzene ring substituents is 1. The van der Waals surface area contributed by atoms with Crippen molar-refractivity contribution in [2.24, 2.45) is 0 Å². The topological polar surface area (TPSA) is 135 Å². The van der Waals surface area contributed by atoms with Crippen LogP contribution in [-0.4, -0.2) is 37.4 Å². The average Bonchev–Trinajstić information content (AvgIpc) is 3.45. The predicted octanol–water partition coefficient (Wildman–Crippen LogP) is 4.24. The van der Waals surface area contributed by atoms with Crippen LogP contribution in [0.4, 0.5) is 5.69 Å². The van der Waals surface area contributed by atoms with Crippen molar-refractivity contribution >= 4 is 23.3 Å². The van der Waals surface area contributed by atoms with Crippen LogP contribution in [0, 0.1) is 10.1 Å². The van der Waals surface area contributed by atoms with Gasteiger partial charge in [0.15, 0.2) is 12.4 Å². The number of carbonyl (C=O) groups is 1. The van der Waals surface area contributed by atoms with Gasteiger partial charge >= 0.3 is 5.97 Å². The molecule has 0 amide bonds. The van der Waals surface area contributed by atoms with Crippen molar-refractivity contribution in [2.45, 2.75) is 13.5 Å². The molecule has 11 nitrogen and oxygen atoms in total. The lowest BCUT2D eigenvalue weighted by Crippen LogP contribution is -2.09. The Balaban J connectivity index is 1.57. The number of hydrogen-bond donors (Lipinski definition) is 0. The number of nitro groups is 1. The molecule has 0 saturated heterocycles. The van der Waals surface area contributed by atoms with E-state index < -0.39 is 10.9 Å². The molecular formula is C21H16ClN5O6. The van der Waals surface area contributed by atoms with Gasteiger partial charge in [-0.1, -0.05) is 28.9 Å². The quantitative estimate of drug-likeness (QED) is 0.211. The minimum absolute atomic E-state index is 0.0648. The molecule has 0 N–H and O–H groups in total.